The minimum Gasteiger partial charge on any atom is -0.349 e. The number of rotatable bonds is 3. The SMILES string of the molecule is Cc1ccc(C)c(-n2ccc(C#N)c2C(=O)NC(C)C)c1. The third-order valence-corrected chi connectivity index (χ3v) is 3.27. The molecule has 0 aliphatic heterocycles. The van der Waals surface area contributed by atoms with Crippen molar-refractivity contribution in [1.29, 1.82) is 5.26 Å². The fourth-order valence-corrected chi connectivity index (χ4v) is 2.26. The molecule has 0 bridgehead atoms. The molecule has 4 heteroatoms. The van der Waals surface area contributed by atoms with Gasteiger partial charge in [-0.15, -0.1) is 0 Å². The van der Waals surface area contributed by atoms with Crippen molar-refractivity contribution in [2.75, 3.05) is 0 Å². The second-order valence-corrected chi connectivity index (χ2v) is 5.48. The van der Waals surface area contributed by atoms with Crippen molar-refractivity contribution in [3.8, 4) is 11.8 Å². The van der Waals surface area contributed by atoms with Crippen LogP contribution in [0, 0.1) is 25.2 Å². The Kier molecular flexibility index (Phi) is 4.13. The molecular formula is C17H19N3O. The molecule has 4 nitrogen and oxygen atoms in total. The number of benzene rings is 1. The molecule has 0 saturated carbocycles. The van der Waals surface area contributed by atoms with Crippen molar-refractivity contribution in [1.82, 2.24) is 9.88 Å². The van der Waals surface area contributed by atoms with Gasteiger partial charge in [0.05, 0.1) is 5.56 Å². The Bertz CT molecular complexity index is 720. The highest BCUT2D eigenvalue weighted by Gasteiger charge is 2.19. The predicted molar refractivity (Wildman–Crippen MR) is 82.6 cm³/mol. The summed E-state index contributed by atoms with van der Waals surface area (Å²) >= 11 is 0. The third-order valence-electron chi connectivity index (χ3n) is 3.27. The van der Waals surface area contributed by atoms with E-state index in [0.717, 1.165) is 16.8 Å². The average Bonchev–Trinajstić information content (AvgIpc) is 2.84. The zero-order valence-electron chi connectivity index (χ0n) is 12.8. The largest absolute Gasteiger partial charge is 0.349 e. The van der Waals surface area contributed by atoms with E-state index in [4.69, 9.17) is 0 Å². The second kappa shape index (κ2) is 5.84. The van der Waals surface area contributed by atoms with E-state index in [2.05, 4.69) is 11.4 Å². The first-order valence-electron chi connectivity index (χ1n) is 6.94. The van der Waals surface area contributed by atoms with E-state index in [1.54, 1.807) is 16.8 Å². The molecule has 0 aliphatic rings. The Morgan fingerprint density at radius 3 is 2.62 bits per heavy atom. The highest BCUT2D eigenvalue weighted by atomic mass is 16.2. The van der Waals surface area contributed by atoms with Gasteiger partial charge >= 0.3 is 0 Å². The molecule has 1 amide bonds. The number of aromatic nitrogens is 1. The van der Waals surface area contributed by atoms with Gasteiger partial charge in [0.15, 0.2) is 0 Å². The lowest BCUT2D eigenvalue weighted by Crippen LogP contribution is -2.32. The zero-order valence-corrected chi connectivity index (χ0v) is 12.8. The fourth-order valence-electron chi connectivity index (χ4n) is 2.26. The van der Waals surface area contributed by atoms with Crippen LogP contribution in [0.5, 0.6) is 0 Å². The van der Waals surface area contributed by atoms with Gasteiger partial charge in [-0.05, 0) is 51.0 Å². The van der Waals surface area contributed by atoms with Crippen molar-refractivity contribution in [2.45, 2.75) is 33.7 Å². The Morgan fingerprint density at radius 2 is 2.00 bits per heavy atom. The summed E-state index contributed by atoms with van der Waals surface area (Å²) in [6.07, 6.45) is 1.77. The zero-order chi connectivity index (χ0) is 15.6. The third kappa shape index (κ3) is 2.97. The summed E-state index contributed by atoms with van der Waals surface area (Å²) in [6, 6.07) is 9.85. The maximum atomic E-state index is 12.4. The molecule has 0 atom stereocenters. The molecule has 1 aromatic heterocycles. The van der Waals surface area contributed by atoms with Crippen LogP contribution >= 0.6 is 0 Å². The van der Waals surface area contributed by atoms with E-state index in [1.807, 2.05) is 45.9 Å². The summed E-state index contributed by atoms with van der Waals surface area (Å²) in [6.45, 7) is 7.79. The van der Waals surface area contributed by atoms with E-state index in [9.17, 15) is 10.1 Å². The van der Waals surface area contributed by atoms with E-state index in [0.29, 0.717) is 11.3 Å². The Morgan fingerprint density at radius 1 is 1.29 bits per heavy atom. The normalized spacial score (nSPS) is 10.5. The molecule has 21 heavy (non-hydrogen) atoms. The molecule has 2 aromatic rings. The topological polar surface area (TPSA) is 57.8 Å². The number of carbonyl (C=O) groups excluding carboxylic acids is 1. The maximum absolute atomic E-state index is 12.4. The van der Waals surface area contributed by atoms with E-state index in [1.165, 1.54) is 0 Å². The highest BCUT2D eigenvalue weighted by Crippen LogP contribution is 2.21. The first kappa shape index (κ1) is 14.9. The van der Waals surface area contributed by atoms with Crippen LogP contribution in [-0.2, 0) is 0 Å². The molecule has 1 heterocycles. The maximum Gasteiger partial charge on any atom is 0.269 e. The molecule has 0 spiro atoms. The quantitative estimate of drug-likeness (QED) is 0.939. The number of aryl methyl sites for hydroxylation is 2. The molecule has 0 aliphatic carbocycles. The van der Waals surface area contributed by atoms with Crippen LogP contribution in [0.25, 0.3) is 5.69 Å². The van der Waals surface area contributed by atoms with Gasteiger partial charge in [-0.25, -0.2) is 0 Å². The number of nitrogens with one attached hydrogen (secondary N) is 1. The monoisotopic (exact) mass is 281 g/mol. The van der Waals surface area contributed by atoms with Gasteiger partial charge in [0.25, 0.3) is 5.91 Å². The molecule has 0 saturated heterocycles. The number of nitriles is 1. The van der Waals surface area contributed by atoms with Crippen LogP contribution in [0.1, 0.15) is 41.0 Å². The van der Waals surface area contributed by atoms with E-state index < -0.39 is 0 Å². The minimum absolute atomic E-state index is 0.0194. The number of hydrogen-bond donors (Lipinski definition) is 1. The lowest BCUT2D eigenvalue weighted by atomic mass is 10.1. The Hall–Kier alpha value is -2.54. The second-order valence-electron chi connectivity index (χ2n) is 5.48. The number of hydrogen-bond acceptors (Lipinski definition) is 2. The summed E-state index contributed by atoms with van der Waals surface area (Å²) < 4.78 is 1.79. The highest BCUT2D eigenvalue weighted by molar-refractivity contribution is 5.96. The van der Waals surface area contributed by atoms with Gasteiger partial charge < -0.3 is 9.88 Å². The van der Waals surface area contributed by atoms with Crippen LogP contribution in [0.3, 0.4) is 0 Å². The van der Waals surface area contributed by atoms with Crippen molar-refractivity contribution in [3.05, 3.63) is 52.8 Å². The van der Waals surface area contributed by atoms with Crippen molar-refractivity contribution in [3.63, 3.8) is 0 Å². The van der Waals surface area contributed by atoms with Gasteiger partial charge in [0, 0.05) is 17.9 Å². The minimum atomic E-state index is -0.229. The predicted octanol–water partition coefficient (Wildman–Crippen LogP) is 3.10. The van der Waals surface area contributed by atoms with Gasteiger partial charge in [0.2, 0.25) is 0 Å². The summed E-state index contributed by atoms with van der Waals surface area (Å²) in [4.78, 5) is 12.4. The lowest BCUT2D eigenvalue weighted by molar-refractivity contribution is 0.0936. The smallest absolute Gasteiger partial charge is 0.269 e. The van der Waals surface area contributed by atoms with Crippen LogP contribution in [0.15, 0.2) is 30.5 Å². The number of amides is 1. The van der Waals surface area contributed by atoms with Crippen LogP contribution < -0.4 is 5.32 Å². The number of carbonyl (C=O) groups is 1. The number of nitrogens with zero attached hydrogens (tertiary/aromatic N) is 2. The summed E-state index contributed by atoms with van der Waals surface area (Å²) in [5.41, 5.74) is 3.86. The van der Waals surface area contributed by atoms with Crippen LogP contribution in [0.4, 0.5) is 0 Å². The molecule has 0 fully saturated rings. The van der Waals surface area contributed by atoms with Crippen molar-refractivity contribution >= 4 is 5.91 Å². The molecule has 1 aromatic carbocycles. The summed E-state index contributed by atoms with van der Waals surface area (Å²) in [5, 5.41) is 12.1. The van der Waals surface area contributed by atoms with Gasteiger partial charge in [-0.3, -0.25) is 4.79 Å². The summed E-state index contributed by atoms with van der Waals surface area (Å²) in [5.74, 6) is -0.229. The molecule has 0 radical (unpaired) electrons. The Balaban J connectivity index is 2.60. The molecule has 2 rings (SSSR count). The van der Waals surface area contributed by atoms with E-state index in [-0.39, 0.29) is 11.9 Å². The van der Waals surface area contributed by atoms with Crippen LogP contribution in [-0.4, -0.2) is 16.5 Å². The van der Waals surface area contributed by atoms with Crippen molar-refractivity contribution in [2.24, 2.45) is 0 Å². The molecule has 0 unspecified atom stereocenters. The molecular weight excluding hydrogens is 262 g/mol. The van der Waals surface area contributed by atoms with Gasteiger partial charge in [-0.2, -0.15) is 5.26 Å². The summed E-state index contributed by atoms with van der Waals surface area (Å²) in [7, 11) is 0. The molecule has 1 N–H and O–H groups in total. The standard InChI is InChI=1S/C17H19N3O/c1-11(2)19-17(21)16-14(10-18)7-8-20(16)15-9-12(3)5-6-13(15)4/h5-9,11H,1-4H3,(H,19,21). The molecule has 108 valence electrons. The first-order valence-corrected chi connectivity index (χ1v) is 6.94. The fraction of sp³-hybridized carbons (Fsp3) is 0.294. The lowest BCUT2D eigenvalue weighted by Gasteiger charge is -2.14. The Labute approximate surface area is 125 Å². The van der Waals surface area contributed by atoms with Gasteiger partial charge in [0.1, 0.15) is 11.8 Å². The van der Waals surface area contributed by atoms with Gasteiger partial charge in [-0.1, -0.05) is 12.1 Å². The van der Waals surface area contributed by atoms with Crippen molar-refractivity contribution < 1.29 is 4.79 Å². The average molecular weight is 281 g/mol. The van der Waals surface area contributed by atoms with Crippen LogP contribution in [0.2, 0.25) is 0 Å². The first-order chi connectivity index (χ1) is 9.93. The van der Waals surface area contributed by atoms with E-state index >= 15 is 0 Å².